The van der Waals surface area contributed by atoms with Crippen LogP contribution in [0.1, 0.15) is 28.4 Å². The number of carbonyl (C=O) groups excluding carboxylic acids is 2. The summed E-state index contributed by atoms with van der Waals surface area (Å²) in [7, 11) is 0. The topological polar surface area (TPSA) is 79.8 Å². The second-order valence-corrected chi connectivity index (χ2v) is 7.31. The molecule has 0 saturated carbocycles. The van der Waals surface area contributed by atoms with E-state index in [-0.39, 0.29) is 12.5 Å². The molecular weight excluding hydrogens is 414 g/mol. The number of aryl methyl sites for hydroxylation is 1. The molecule has 0 radical (unpaired) electrons. The zero-order valence-corrected chi connectivity index (χ0v) is 17.9. The number of nitrogens with zero attached hydrogens (tertiary/aromatic N) is 1. The SMILES string of the molecule is C/C(=N\NC(=O)COc1ccc(Cl)cc1)c1cccc(NC(=O)c2ccc(C)cc2)c1. The zero-order valence-electron chi connectivity index (χ0n) is 17.2. The predicted octanol–water partition coefficient (Wildman–Crippen LogP) is 4.82. The number of anilines is 1. The summed E-state index contributed by atoms with van der Waals surface area (Å²) in [6.07, 6.45) is 0. The van der Waals surface area contributed by atoms with Crippen LogP contribution >= 0.6 is 11.6 Å². The van der Waals surface area contributed by atoms with E-state index < -0.39 is 5.91 Å². The van der Waals surface area contributed by atoms with Crippen molar-refractivity contribution in [2.24, 2.45) is 5.10 Å². The first-order valence-corrected chi connectivity index (χ1v) is 9.98. The molecule has 2 N–H and O–H groups in total. The number of ether oxygens (including phenoxy) is 1. The van der Waals surface area contributed by atoms with E-state index in [1.807, 2.05) is 31.2 Å². The molecule has 0 aliphatic heterocycles. The number of benzene rings is 3. The van der Waals surface area contributed by atoms with Crippen LogP contribution in [0, 0.1) is 6.92 Å². The van der Waals surface area contributed by atoms with Gasteiger partial charge in [-0.15, -0.1) is 0 Å². The Labute approximate surface area is 185 Å². The molecule has 0 unspecified atom stereocenters. The molecule has 0 fully saturated rings. The molecule has 0 aliphatic rings. The monoisotopic (exact) mass is 435 g/mol. The summed E-state index contributed by atoms with van der Waals surface area (Å²) in [6.45, 7) is 3.56. The standard InChI is InChI=1S/C24H22ClN3O3/c1-16-6-8-18(9-7-16)24(30)26-21-5-3-4-19(14-21)17(2)27-28-23(29)15-31-22-12-10-20(25)11-13-22/h3-14H,15H2,1-2H3,(H,26,30)(H,28,29)/b27-17+. The van der Waals surface area contributed by atoms with Gasteiger partial charge in [-0.1, -0.05) is 41.4 Å². The van der Waals surface area contributed by atoms with Gasteiger partial charge in [0.2, 0.25) is 0 Å². The van der Waals surface area contributed by atoms with E-state index in [9.17, 15) is 9.59 Å². The molecule has 3 aromatic rings. The van der Waals surface area contributed by atoms with Crippen LogP contribution < -0.4 is 15.5 Å². The van der Waals surface area contributed by atoms with E-state index in [0.717, 1.165) is 11.1 Å². The highest BCUT2D eigenvalue weighted by Crippen LogP contribution is 2.16. The Morgan fingerprint density at radius 3 is 2.39 bits per heavy atom. The Balaban J connectivity index is 1.57. The van der Waals surface area contributed by atoms with Gasteiger partial charge in [-0.05, 0) is 67.9 Å². The number of nitrogens with one attached hydrogen (secondary N) is 2. The van der Waals surface area contributed by atoms with Crippen molar-refractivity contribution in [3.8, 4) is 5.75 Å². The number of halogens is 1. The number of rotatable bonds is 7. The van der Waals surface area contributed by atoms with Gasteiger partial charge in [0.05, 0.1) is 5.71 Å². The molecule has 0 saturated heterocycles. The van der Waals surface area contributed by atoms with Gasteiger partial charge >= 0.3 is 0 Å². The largest absolute Gasteiger partial charge is 0.484 e. The minimum atomic E-state index is -0.391. The van der Waals surface area contributed by atoms with Gasteiger partial charge < -0.3 is 10.1 Å². The Morgan fingerprint density at radius 2 is 1.68 bits per heavy atom. The van der Waals surface area contributed by atoms with E-state index in [2.05, 4.69) is 15.8 Å². The maximum absolute atomic E-state index is 12.4. The van der Waals surface area contributed by atoms with E-state index in [1.165, 1.54) is 0 Å². The fourth-order valence-electron chi connectivity index (χ4n) is 2.65. The van der Waals surface area contributed by atoms with Crippen molar-refractivity contribution in [2.45, 2.75) is 13.8 Å². The quantitative estimate of drug-likeness (QED) is 0.412. The Bertz CT molecular complexity index is 1090. The minimum absolute atomic E-state index is 0.176. The summed E-state index contributed by atoms with van der Waals surface area (Å²) in [5.41, 5.74) is 6.12. The smallest absolute Gasteiger partial charge is 0.277 e. The van der Waals surface area contributed by atoms with Crippen molar-refractivity contribution in [1.82, 2.24) is 5.43 Å². The van der Waals surface area contributed by atoms with Gasteiger partial charge in [0.1, 0.15) is 5.75 Å². The normalized spacial score (nSPS) is 11.0. The lowest BCUT2D eigenvalue weighted by Crippen LogP contribution is -2.25. The van der Waals surface area contributed by atoms with Crippen LogP contribution in [0.3, 0.4) is 0 Å². The van der Waals surface area contributed by atoms with Crippen LogP contribution in [-0.4, -0.2) is 24.1 Å². The maximum atomic E-state index is 12.4. The highest BCUT2D eigenvalue weighted by atomic mass is 35.5. The highest BCUT2D eigenvalue weighted by Gasteiger charge is 2.08. The van der Waals surface area contributed by atoms with E-state index in [4.69, 9.17) is 16.3 Å². The fraction of sp³-hybridized carbons (Fsp3) is 0.125. The first-order valence-electron chi connectivity index (χ1n) is 9.60. The molecule has 0 aromatic heterocycles. The molecule has 158 valence electrons. The van der Waals surface area contributed by atoms with Crippen LogP contribution in [0.25, 0.3) is 0 Å². The van der Waals surface area contributed by atoms with Gasteiger partial charge in [0.25, 0.3) is 11.8 Å². The number of amides is 2. The summed E-state index contributed by atoms with van der Waals surface area (Å²) >= 11 is 5.82. The van der Waals surface area contributed by atoms with Crippen molar-refractivity contribution < 1.29 is 14.3 Å². The average molecular weight is 436 g/mol. The Hall–Kier alpha value is -3.64. The van der Waals surface area contributed by atoms with Crippen LogP contribution in [0.2, 0.25) is 5.02 Å². The molecule has 31 heavy (non-hydrogen) atoms. The van der Waals surface area contributed by atoms with Crippen LogP contribution in [0.5, 0.6) is 5.75 Å². The number of carbonyl (C=O) groups is 2. The third kappa shape index (κ3) is 6.69. The Morgan fingerprint density at radius 1 is 0.968 bits per heavy atom. The predicted molar refractivity (Wildman–Crippen MR) is 123 cm³/mol. The van der Waals surface area contributed by atoms with Gasteiger partial charge in [0, 0.05) is 16.3 Å². The summed E-state index contributed by atoms with van der Waals surface area (Å²) in [6, 6.07) is 21.3. The van der Waals surface area contributed by atoms with Crippen LogP contribution in [-0.2, 0) is 4.79 Å². The van der Waals surface area contributed by atoms with Crippen molar-refractivity contribution in [2.75, 3.05) is 11.9 Å². The lowest BCUT2D eigenvalue weighted by molar-refractivity contribution is -0.123. The summed E-state index contributed by atoms with van der Waals surface area (Å²) < 4.78 is 5.39. The fourth-order valence-corrected chi connectivity index (χ4v) is 2.78. The average Bonchev–Trinajstić information content (AvgIpc) is 2.77. The first kappa shape index (κ1) is 22.1. The summed E-state index contributed by atoms with van der Waals surface area (Å²) in [5.74, 6) is -0.0465. The molecule has 7 heteroatoms. The number of hydrogen-bond donors (Lipinski definition) is 2. The molecule has 6 nitrogen and oxygen atoms in total. The first-order chi connectivity index (χ1) is 14.9. The van der Waals surface area contributed by atoms with Crippen molar-refractivity contribution in [3.63, 3.8) is 0 Å². The molecule has 0 aliphatic carbocycles. The van der Waals surface area contributed by atoms with Gasteiger partial charge in [0.15, 0.2) is 6.61 Å². The molecule has 0 heterocycles. The second kappa shape index (κ2) is 10.4. The molecular formula is C24H22ClN3O3. The number of hydrazone groups is 1. The Kier molecular flexibility index (Phi) is 7.40. The van der Waals surface area contributed by atoms with Crippen molar-refractivity contribution in [3.05, 3.63) is 94.5 Å². The van der Waals surface area contributed by atoms with E-state index >= 15 is 0 Å². The van der Waals surface area contributed by atoms with Crippen molar-refractivity contribution >= 4 is 34.8 Å². The molecule has 0 spiro atoms. The maximum Gasteiger partial charge on any atom is 0.277 e. The summed E-state index contributed by atoms with van der Waals surface area (Å²) in [5, 5.41) is 7.57. The minimum Gasteiger partial charge on any atom is -0.484 e. The van der Waals surface area contributed by atoms with E-state index in [0.29, 0.717) is 27.7 Å². The van der Waals surface area contributed by atoms with Gasteiger partial charge in [-0.3, -0.25) is 9.59 Å². The third-order valence-electron chi connectivity index (χ3n) is 4.38. The van der Waals surface area contributed by atoms with Gasteiger partial charge in [-0.25, -0.2) is 5.43 Å². The molecule has 3 aromatic carbocycles. The number of hydrogen-bond acceptors (Lipinski definition) is 4. The summed E-state index contributed by atoms with van der Waals surface area (Å²) in [4.78, 5) is 24.4. The molecule has 2 amide bonds. The molecule has 0 bridgehead atoms. The van der Waals surface area contributed by atoms with E-state index in [1.54, 1.807) is 55.5 Å². The third-order valence-corrected chi connectivity index (χ3v) is 4.64. The lowest BCUT2D eigenvalue weighted by Gasteiger charge is -2.08. The van der Waals surface area contributed by atoms with Crippen molar-refractivity contribution in [1.29, 1.82) is 0 Å². The lowest BCUT2D eigenvalue weighted by atomic mass is 10.1. The molecule has 0 atom stereocenters. The van der Waals surface area contributed by atoms with Gasteiger partial charge in [-0.2, -0.15) is 5.10 Å². The van der Waals surface area contributed by atoms with Crippen LogP contribution in [0.15, 0.2) is 77.9 Å². The van der Waals surface area contributed by atoms with Crippen LogP contribution in [0.4, 0.5) is 5.69 Å². The zero-order chi connectivity index (χ0) is 22.2. The highest BCUT2D eigenvalue weighted by molar-refractivity contribution is 6.30. The second-order valence-electron chi connectivity index (χ2n) is 6.88. The molecule has 3 rings (SSSR count).